The Morgan fingerprint density at radius 1 is 0.827 bits per heavy atom. The van der Waals surface area contributed by atoms with Gasteiger partial charge in [0.15, 0.2) is 0 Å². The molecule has 0 atom stereocenters. The van der Waals surface area contributed by atoms with Crippen molar-refractivity contribution in [3.63, 3.8) is 0 Å². The van der Waals surface area contributed by atoms with Crippen molar-refractivity contribution in [3.05, 3.63) is 113 Å². The molecule has 0 radical (unpaired) electrons. The normalized spacial score (nSPS) is 12.0. The molecule has 5 rings (SSSR count). The molecule has 0 aliphatic rings. The first-order chi connectivity index (χ1) is 24.3. The van der Waals surface area contributed by atoms with Crippen LogP contribution in [0.2, 0.25) is 0 Å². The molecule has 52 heavy (non-hydrogen) atoms. The number of halogens is 3. The third kappa shape index (κ3) is 8.86. The summed E-state index contributed by atoms with van der Waals surface area (Å²) in [5.41, 5.74) is -1.03. The van der Waals surface area contributed by atoms with Crippen molar-refractivity contribution < 1.29 is 35.4 Å². The van der Waals surface area contributed by atoms with Crippen molar-refractivity contribution in [2.45, 2.75) is 53.6 Å². The van der Waals surface area contributed by atoms with Gasteiger partial charge in [-0.2, -0.15) is 21.6 Å². The highest BCUT2D eigenvalue weighted by atomic mass is 32.2. The smallest absolute Gasteiger partial charge is 0.365 e. The lowest BCUT2D eigenvalue weighted by Gasteiger charge is -2.19. The zero-order chi connectivity index (χ0) is 38.0. The lowest BCUT2D eigenvalue weighted by Crippen LogP contribution is -2.32. The van der Waals surface area contributed by atoms with E-state index in [-0.39, 0.29) is 16.9 Å². The number of nitrogens with one attached hydrogen (secondary N) is 3. The van der Waals surface area contributed by atoms with Gasteiger partial charge in [-0.3, -0.25) is 9.59 Å². The lowest BCUT2D eigenvalue weighted by molar-refractivity contribution is -0.0501. The molecule has 0 saturated heterocycles. The Morgan fingerprint density at radius 2 is 1.56 bits per heavy atom. The number of fused-ring (bicyclic) bond motifs is 1. The summed E-state index contributed by atoms with van der Waals surface area (Å²) in [6.45, 7) is 12.7. The summed E-state index contributed by atoms with van der Waals surface area (Å²) < 4.78 is 67.3. The number of hydrogen-bond acceptors (Lipinski definition) is 8. The van der Waals surface area contributed by atoms with Crippen molar-refractivity contribution in [1.29, 1.82) is 0 Å². The summed E-state index contributed by atoms with van der Waals surface area (Å²) >= 11 is 0. The maximum Gasteiger partial charge on any atom is 0.534 e. The monoisotopic (exact) mass is 733 g/mol. The third-order valence-corrected chi connectivity index (χ3v) is 9.05. The highest BCUT2D eigenvalue weighted by Crippen LogP contribution is 2.32. The topological polar surface area (TPSA) is 139 Å². The van der Waals surface area contributed by atoms with E-state index < -0.39 is 33.1 Å². The van der Waals surface area contributed by atoms with E-state index in [9.17, 15) is 31.2 Å². The van der Waals surface area contributed by atoms with Gasteiger partial charge in [-0.1, -0.05) is 50.6 Å². The van der Waals surface area contributed by atoms with Gasteiger partial charge in [0.2, 0.25) is 5.88 Å². The first-order valence-corrected chi connectivity index (χ1v) is 17.6. The second-order valence-electron chi connectivity index (χ2n) is 13.6. The second kappa shape index (κ2) is 14.6. The number of amides is 2. The fourth-order valence-corrected chi connectivity index (χ4v) is 5.81. The fourth-order valence-electron chi connectivity index (χ4n) is 5.40. The average Bonchev–Trinajstić information content (AvgIpc) is 3.05. The summed E-state index contributed by atoms with van der Waals surface area (Å²) in [4.78, 5) is 35.0. The molecule has 0 spiro atoms. The molecule has 0 aliphatic heterocycles. The molecule has 0 bridgehead atoms. The van der Waals surface area contributed by atoms with E-state index in [1.807, 2.05) is 40.7 Å². The zero-order valence-electron chi connectivity index (χ0n) is 29.4. The average molecular weight is 734 g/mol. The van der Waals surface area contributed by atoms with Gasteiger partial charge in [0.1, 0.15) is 11.5 Å². The number of carbonyl (C=O) groups excluding carboxylic acids is 2. The molecule has 0 unspecified atom stereocenters. The standard InChI is InChI=1S/C38H38F3N5O5S/c1-22-7-8-27(23(2)17-22)20-43-34-30-12-10-28(19-25(30)15-16-42-34)45-36(48)33-31(13-14-32(46-33)51-52(49,50)38(39,40)41)29-11-9-26(18-24(29)3)35(47)44-21-37(4,5)6/h7-19H,20-21H2,1-6H3,(H,42,43)(H,44,47)(H,45,48). The summed E-state index contributed by atoms with van der Waals surface area (Å²) in [5, 5.41) is 10.5. The maximum absolute atomic E-state index is 13.8. The molecule has 2 aromatic heterocycles. The minimum Gasteiger partial charge on any atom is -0.365 e. The largest absolute Gasteiger partial charge is 0.534 e. The molecule has 0 fully saturated rings. The van der Waals surface area contributed by atoms with E-state index in [0.29, 0.717) is 41.3 Å². The predicted molar refractivity (Wildman–Crippen MR) is 195 cm³/mol. The highest BCUT2D eigenvalue weighted by molar-refractivity contribution is 7.87. The number of rotatable bonds is 10. The Morgan fingerprint density at radius 3 is 2.23 bits per heavy atom. The van der Waals surface area contributed by atoms with Crippen LogP contribution in [-0.2, 0) is 16.7 Å². The molecular formula is C38H38F3N5O5S. The highest BCUT2D eigenvalue weighted by Gasteiger charge is 2.49. The number of nitrogens with zero attached hydrogens (tertiary/aromatic N) is 2. The summed E-state index contributed by atoms with van der Waals surface area (Å²) in [7, 11) is -6.08. The van der Waals surface area contributed by atoms with Crippen LogP contribution in [0, 0.1) is 26.2 Å². The minimum absolute atomic E-state index is 0.149. The summed E-state index contributed by atoms with van der Waals surface area (Å²) in [5.74, 6) is -1.48. The van der Waals surface area contributed by atoms with E-state index in [4.69, 9.17) is 0 Å². The van der Waals surface area contributed by atoms with Crippen molar-refractivity contribution in [3.8, 4) is 17.0 Å². The van der Waals surface area contributed by atoms with Crippen LogP contribution in [0.5, 0.6) is 5.88 Å². The van der Waals surface area contributed by atoms with E-state index in [2.05, 4.69) is 42.2 Å². The SMILES string of the molecule is Cc1ccc(CNc2nccc3cc(NC(=O)c4nc(OS(=O)(=O)C(F)(F)F)ccc4-c4ccc(C(=O)NCC(C)(C)C)cc4C)ccc23)c(C)c1. The quantitative estimate of drug-likeness (QED) is 0.0967. The number of benzene rings is 3. The Bertz CT molecular complexity index is 2290. The van der Waals surface area contributed by atoms with Gasteiger partial charge >= 0.3 is 15.6 Å². The van der Waals surface area contributed by atoms with Crippen LogP contribution in [0.3, 0.4) is 0 Å². The van der Waals surface area contributed by atoms with Crippen LogP contribution in [-0.4, -0.2) is 42.3 Å². The Balaban J connectivity index is 1.46. The molecule has 5 aromatic rings. The zero-order valence-corrected chi connectivity index (χ0v) is 30.2. The Hall–Kier alpha value is -5.50. The molecule has 14 heteroatoms. The molecule has 2 amide bonds. The fraction of sp³-hybridized carbons (Fsp3) is 0.263. The number of aryl methyl sites for hydroxylation is 3. The van der Waals surface area contributed by atoms with Crippen molar-refractivity contribution >= 4 is 44.2 Å². The molecule has 3 aromatic carbocycles. The second-order valence-corrected chi connectivity index (χ2v) is 15.2. The Kier molecular flexibility index (Phi) is 10.6. The van der Waals surface area contributed by atoms with E-state index >= 15 is 0 Å². The van der Waals surface area contributed by atoms with Crippen molar-refractivity contribution in [1.82, 2.24) is 15.3 Å². The number of pyridine rings is 2. The molecular weight excluding hydrogens is 696 g/mol. The number of anilines is 2. The summed E-state index contributed by atoms with van der Waals surface area (Å²) in [6, 6.07) is 19.9. The third-order valence-electron chi connectivity index (χ3n) is 8.09. The van der Waals surface area contributed by atoms with Gasteiger partial charge in [0.05, 0.1) is 0 Å². The first kappa shape index (κ1) is 37.7. The number of carbonyl (C=O) groups is 2. The van der Waals surface area contributed by atoms with Crippen LogP contribution in [0.4, 0.5) is 24.7 Å². The van der Waals surface area contributed by atoms with Crippen LogP contribution in [0.15, 0.2) is 79.0 Å². The van der Waals surface area contributed by atoms with Crippen LogP contribution in [0.1, 0.15) is 63.9 Å². The van der Waals surface area contributed by atoms with Gasteiger partial charge in [-0.05, 0) is 96.3 Å². The maximum atomic E-state index is 13.8. The van der Waals surface area contributed by atoms with Crippen LogP contribution >= 0.6 is 0 Å². The van der Waals surface area contributed by atoms with Gasteiger partial charge < -0.3 is 20.1 Å². The van der Waals surface area contributed by atoms with Gasteiger partial charge in [0.25, 0.3) is 11.8 Å². The van der Waals surface area contributed by atoms with Gasteiger partial charge in [-0.25, -0.2) is 9.97 Å². The van der Waals surface area contributed by atoms with Gasteiger partial charge in [0, 0.05) is 47.6 Å². The van der Waals surface area contributed by atoms with E-state index in [0.717, 1.165) is 33.5 Å². The number of aromatic nitrogens is 2. The molecule has 0 saturated carbocycles. The Labute approximate surface area is 300 Å². The molecule has 10 nitrogen and oxygen atoms in total. The number of alkyl halides is 3. The van der Waals surface area contributed by atoms with E-state index in [1.165, 1.54) is 6.07 Å². The molecule has 272 valence electrons. The van der Waals surface area contributed by atoms with Crippen molar-refractivity contribution in [2.75, 3.05) is 17.2 Å². The van der Waals surface area contributed by atoms with Gasteiger partial charge in [-0.15, -0.1) is 0 Å². The lowest BCUT2D eigenvalue weighted by atomic mass is 9.95. The number of hydrogen-bond donors (Lipinski definition) is 3. The minimum atomic E-state index is -6.08. The molecule has 3 N–H and O–H groups in total. The predicted octanol–water partition coefficient (Wildman–Crippen LogP) is 8.09. The summed E-state index contributed by atoms with van der Waals surface area (Å²) in [6.07, 6.45) is 1.62. The van der Waals surface area contributed by atoms with Crippen LogP contribution < -0.4 is 20.1 Å². The molecule has 0 aliphatic carbocycles. The van der Waals surface area contributed by atoms with Crippen molar-refractivity contribution in [2.24, 2.45) is 5.41 Å². The molecule has 2 heterocycles. The van der Waals surface area contributed by atoms with Crippen LogP contribution in [0.25, 0.3) is 21.9 Å². The first-order valence-electron chi connectivity index (χ1n) is 16.2. The van der Waals surface area contributed by atoms with E-state index in [1.54, 1.807) is 55.6 Å².